The quantitative estimate of drug-likeness (QED) is 0.612. The minimum absolute atomic E-state index is 0. The number of rotatable bonds is 0. The van der Waals surface area contributed by atoms with Crippen LogP contribution in [0.5, 0.6) is 0 Å². The van der Waals surface area contributed by atoms with Crippen LogP contribution in [0, 0.1) is 0 Å². The zero-order chi connectivity index (χ0) is 8.06. The van der Waals surface area contributed by atoms with E-state index in [0.717, 1.165) is 0 Å². The predicted molar refractivity (Wildman–Crippen MR) is 55.3 cm³/mol. The van der Waals surface area contributed by atoms with Gasteiger partial charge in [0.1, 0.15) is 5.50 Å². The van der Waals surface area contributed by atoms with E-state index in [1.54, 1.807) is 0 Å². The summed E-state index contributed by atoms with van der Waals surface area (Å²) in [6.07, 6.45) is 0. The van der Waals surface area contributed by atoms with Gasteiger partial charge in [-0.25, -0.2) is 8.42 Å². The lowest BCUT2D eigenvalue weighted by Crippen LogP contribution is -2.37. The first-order valence-corrected chi connectivity index (χ1v) is 6.21. The van der Waals surface area contributed by atoms with Gasteiger partial charge in [0.05, 0.1) is 11.5 Å². The van der Waals surface area contributed by atoms with Crippen LogP contribution >= 0.6 is 28.7 Å². The van der Waals surface area contributed by atoms with Crippen LogP contribution < -0.4 is 11.1 Å². The van der Waals surface area contributed by atoms with Crippen molar-refractivity contribution in [3.8, 4) is 0 Å². The van der Waals surface area contributed by atoms with Crippen LogP contribution in [0.2, 0.25) is 0 Å². The topological polar surface area (TPSA) is 72.2 Å². The van der Waals surface area contributed by atoms with Crippen molar-refractivity contribution in [2.45, 2.75) is 16.8 Å². The Hall–Kier alpha value is 0.700. The fourth-order valence-electron chi connectivity index (χ4n) is 1.54. The molecular formula is C5H11BrN2O2S2. The van der Waals surface area contributed by atoms with Crippen molar-refractivity contribution >= 4 is 38.6 Å². The highest BCUT2D eigenvalue weighted by atomic mass is 79.9. The molecular weight excluding hydrogens is 264 g/mol. The smallest absolute Gasteiger partial charge is 0.153 e. The highest BCUT2D eigenvalue weighted by Gasteiger charge is 2.43. The van der Waals surface area contributed by atoms with E-state index in [1.165, 1.54) is 11.8 Å². The van der Waals surface area contributed by atoms with Crippen molar-refractivity contribution in [2.75, 3.05) is 11.5 Å². The third kappa shape index (κ3) is 1.95. The SMILES string of the molecule is Br.NC1N[C@@H]2CS(=O)(=O)C[C@@H]2S1. The lowest BCUT2D eigenvalue weighted by atomic mass is 10.3. The summed E-state index contributed by atoms with van der Waals surface area (Å²) in [5.74, 6) is 0.557. The Balaban J connectivity index is 0.000000720. The molecule has 0 bridgehead atoms. The fourth-order valence-corrected chi connectivity index (χ4v) is 5.34. The highest BCUT2D eigenvalue weighted by molar-refractivity contribution is 8.93. The summed E-state index contributed by atoms with van der Waals surface area (Å²) < 4.78 is 22.1. The number of halogens is 1. The first kappa shape index (κ1) is 10.8. The van der Waals surface area contributed by atoms with Crippen LogP contribution in [-0.4, -0.2) is 36.7 Å². The normalized spacial score (nSPS) is 43.6. The first-order chi connectivity index (χ1) is 5.07. The van der Waals surface area contributed by atoms with Gasteiger partial charge in [-0.3, -0.25) is 5.32 Å². The molecule has 7 heteroatoms. The molecule has 4 nitrogen and oxygen atoms in total. The molecule has 2 rings (SSSR count). The van der Waals surface area contributed by atoms with Crippen LogP contribution in [0.15, 0.2) is 0 Å². The summed E-state index contributed by atoms with van der Waals surface area (Å²) in [5.41, 5.74) is 5.50. The van der Waals surface area contributed by atoms with Crippen LogP contribution in [0.4, 0.5) is 0 Å². The maximum Gasteiger partial charge on any atom is 0.153 e. The minimum atomic E-state index is -2.77. The molecule has 2 fully saturated rings. The Bertz CT molecular complexity index is 249. The molecule has 2 heterocycles. The van der Waals surface area contributed by atoms with E-state index < -0.39 is 9.84 Å². The van der Waals surface area contributed by atoms with E-state index in [9.17, 15) is 8.42 Å². The van der Waals surface area contributed by atoms with Gasteiger partial charge in [0.2, 0.25) is 0 Å². The molecule has 0 amide bonds. The van der Waals surface area contributed by atoms with Crippen LogP contribution in [0.3, 0.4) is 0 Å². The lowest BCUT2D eigenvalue weighted by Gasteiger charge is -2.04. The van der Waals surface area contributed by atoms with Gasteiger partial charge >= 0.3 is 0 Å². The van der Waals surface area contributed by atoms with E-state index >= 15 is 0 Å². The Morgan fingerprint density at radius 1 is 1.42 bits per heavy atom. The van der Waals surface area contributed by atoms with Crippen molar-refractivity contribution < 1.29 is 8.42 Å². The Morgan fingerprint density at radius 2 is 2.08 bits per heavy atom. The number of fused-ring (bicyclic) bond motifs is 1. The second kappa shape index (κ2) is 3.45. The summed E-state index contributed by atoms with van der Waals surface area (Å²) in [4.78, 5) is 0. The molecule has 3 atom stereocenters. The number of nitrogens with two attached hydrogens (primary N) is 1. The Labute approximate surface area is 86.3 Å². The maximum atomic E-state index is 11.1. The van der Waals surface area contributed by atoms with Gasteiger partial charge in [0.25, 0.3) is 0 Å². The standard InChI is InChI=1S/C5H10N2O2S2.BrH/c6-5-7-3-1-11(8,9)2-4(3)10-5;/h3-5,7H,1-2,6H2;1H/t3-,4+,5?;/m1./s1. The van der Waals surface area contributed by atoms with Crippen molar-refractivity contribution in [1.82, 2.24) is 5.32 Å². The predicted octanol–water partition coefficient (Wildman–Crippen LogP) is -0.691. The van der Waals surface area contributed by atoms with Crippen LogP contribution in [0.25, 0.3) is 0 Å². The molecule has 1 unspecified atom stereocenters. The molecule has 0 aromatic carbocycles. The number of hydrogen-bond donors (Lipinski definition) is 2. The molecule has 0 spiro atoms. The average Bonchev–Trinajstić information content (AvgIpc) is 2.17. The largest absolute Gasteiger partial charge is 0.307 e. The fraction of sp³-hybridized carbons (Fsp3) is 1.00. The van der Waals surface area contributed by atoms with Gasteiger partial charge in [0.15, 0.2) is 9.84 Å². The Kier molecular flexibility index (Phi) is 3.10. The zero-order valence-electron chi connectivity index (χ0n) is 6.26. The van der Waals surface area contributed by atoms with E-state index in [2.05, 4.69) is 5.32 Å². The molecule has 0 aromatic heterocycles. The first-order valence-electron chi connectivity index (χ1n) is 3.44. The zero-order valence-corrected chi connectivity index (χ0v) is 9.61. The van der Waals surface area contributed by atoms with Gasteiger partial charge in [-0.05, 0) is 0 Å². The lowest BCUT2D eigenvalue weighted by molar-refractivity contribution is 0.580. The highest BCUT2D eigenvalue weighted by Crippen LogP contribution is 2.31. The van der Waals surface area contributed by atoms with Crippen molar-refractivity contribution in [2.24, 2.45) is 5.73 Å². The molecule has 0 aliphatic carbocycles. The van der Waals surface area contributed by atoms with Crippen molar-refractivity contribution in [3.05, 3.63) is 0 Å². The summed E-state index contributed by atoms with van der Waals surface area (Å²) in [7, 11) is -2.77. The number of hydrogen-bond acceptors (Lipinski definition) is 5. The number of sulfone groups is 1. The second-order valence-corrected chi connectivity index (χ2v) is 6.48. The second-order valence-electron chi connectivity index (χ2n) is 2.95. The molecule has 2 aliphatic heterocycles. The summed E-state index contributed by atoms with van der Waals surface area (Å²) in [5, 5.41) is 3.22. The minimum Gasteiger partial charge on any atom is -0.307 e. The molecule has 0 radical (unpaired) electrons. The van der Waals surface area contributed by atoms with Crippen LogP contribution in [-0.2, 0) is 9.84 Å². The monoisotopic (exact) mass is 274 g/mol. The van der Waals surface area contributed by atoms with Gasteiger partial charge < -0.3 is 5.73 Å². The summed E-state index contributed by atoms with van der Waals surface area (Å²) >= 11 is 1.53. The molecule has 0 aromatic rings. The van der Waals surface area contributed by atoms with E-state index in [-0.39, 0.29) is 39.5 Å². The van der Waals surface area contributed by atoms with Crippen molar-refractivity contribution in [1.29, 1.82) is 0 Å². The average molecular weight is 275 g/mol. The molecule has 3 N–H and O–H groups in total. The van der Waals surface area contributed by atoms with Gasteiger partial charge in [-0.1, -0.05) is 0 Å². The van der Waals surface area contributed by atoms with E-state index in [1.807, 2.05) is 0 Å². The van der Waals surface area contributed by atoms with Gasteiger partial charge in [-0.15, -0.1) is 28.7 Å². The molecule has 2 saturated heterocycles. The van der Waals surface area contributed by atoms with Gasteiger partial charge in [-0.2, -0.15) is 0 Å². The van der Waals surface area contributed by atoms with E-state index in [4.69, 9.17) is 5.73 Å². The summed E-state index contributed by atoms with van der Waals surface area (Å²) in [6.45, 7) is 0. The van der Waals surface area contributed by atoms with Crippen LogP contribution in [0.1, 0.15) is 0 Å². The van der Waals surface area contributed by atoms with Crippen molar-refractivity contribution in [3.63, 3.8) is 0 Å². The third-order valence-electron chi connectivity index (χ3n) is 2.00. The molecule has 72 valence electrons. The summed E-state index contributed by atoms with van der Waals surface area (Å²) in [6, 6.07) is 0.0972. The Morgan fingerprint density at radius 3 is 2.67 bits per heavy atom. The molecule has 0 saturated carbocycles. The van der Waals surface area contributed by atoms with Gasteiger partial charge in [0, 0.05) is 11.3 Å². The van der Waals surface area contributed by atoms with E-state index in [0.29, 0.717) is 5.75 Å². The number of thioether (sulfide) groups is 1. The third-order valence-corrected chi connectivity index (χ3v) is 5.22. The number of nitrogens with one attached hydrogen (secondary N) is 1. The molecule has 12 heavy (non-hydrogen) atoms. The molecule has 2 aliphatic rings. The maximum absolute atomic E-state index is 11.1.